The summed E-state index contributed by atoms with van der Waals surface area (Å²) in [7, 11) is 0. The standard InChI is InChI=1S/C12H22N2O/c1-2-13-12(15)11-10-6-4-3-5-9(10)7-8-14-11/h9-11,14H,2-8H2,1H3,(H,13,15). The molecule has 1 aliphatic carbocycles. The lowest BCUT2D eigenvalue weighted by Gasteiger charge is -2.41. The molecule has 3 nitrogen and oxygen atoms in total. The topological polar surface area (TPSA) is 41.1 Å². The first-order chi connectivity index (χ1) is 7.33. The minimum atomic E-state index is 0.0870. The van der Waals surface area contributed by atoms with Gasteiger partial charge in [-0.05, 0) is 38.1 Å². The molecule has 0 spiro atoms. The van der Waals surface area contributed by atoms with Crippen LogP contribution >= 0.6 is 0 Å². The predicted octanol–water partition coefficient (Wildman–Crippen LogP) is 1.29. The summed E-state index contributed by atoms with van der Waals surface area (Å²) in [6.07, 6.45) is 6.50. The zero-order valence-electron chi connectivity index (χ0n) is 9.59. The molecule has 2 rings (SSSR count). The second-order valence-electron chi connectivity index (χ2n) is 4.82. The Bertz CT molecular complexity index is 228. The second-order valence-corrected chi connectivity index (χ2v) is 4.82. The van der Waals surface area contributed by atoms with Crippen LogP contribution in [0.3, 0.4) is 0 Å². The van der Waals surface area contributed by atoms with Crippen molar-refractivity contribution in [1.82, 2.24) is 10.6 Å². The van der Waals surface area contributed by atoms with E-state index in [0.717, 1.165) is 19.0 Å². The minimum Gasteiger partial charge on any atom is -0.355 e. The summed E-state index contributed by atoms with van der Waals surface area (Å²) in [4.78, 5) is 11.9. The highest BCUT2D eigenvalue weighted by molar-refractivity contribution is 5.82. The average Bonchev–Trinajstić information content (AvgIpc) is 2.28. The Morgan fingerprint density at radius 1 is 1.33 bits per heavy atom. The summed E-state index contributed by atoms with van der Waals surface area (Å²) in [5.41, 5.74) is 0. The molecule has 0 aromatic carbocycles. The summed E-state index contributed by atoms with van der Waals surface area (Å²) in [6.45, 7) is 3.75. The monoisotopic (exact) mass is 210 g/mol. The lowest BCUT2D eigenvalue weighted by Crippen LogP contribution is -2.55. The lowest BCUT2D eigenvalue weighted by atomic mass is 9.71. The van der Waals surface area contributed by atoms with Gasteiger partial charge in [0.2, 0.25) is 5.91 Å². The van der Waals surface area contributed by atoms with Crippen LogP contribution in [-0.4, -0.2) is 25.0 Å². The molecule has 2 fully saturated rings. The molecule has 3 atom stereocenters. The molecule has 2 N–H and O–H groups in total. The maximum atomic E-state index is 11.9. The van der Waals surface area contributed by atoms with Crippen molar-refractivity contribution in [2.75, 3.05) is 13.1 Å². The molecule has 1 aliphatic heterocycles. The van der Waals surface area contributed by atoms with E-state index in [2.05, 4.69) is 10.6 Å². The van der Waals surface area contributed by atoms with Crippen LogP contribution in [0.15, 0.2) is 0 Å². The molecule has 0 radical (unpaired) electrons. The number of carbonyl (C=O) groups is 1. The molecule has 3 unspecified atom stereocenters. The van der Waals surface area contributed by atoms with Gasteiger partial charge in [0.1, 0.15) is 0 Å². The van der Waals surface area contributed by atoms with Crippen molar-refractivity contribution in [2.45, 2.75) is 45.1 Å². The highest BCUT2D eigenvalue weighted by Crippen LogP contribution is 2.36. The number of carbonyl (C=O) groups excluding carboxylic acids is 1. The molecular weight excluding hydrogens is 188 g/mol. The van der Waals surface area contributed by atoms with E-state index in [1.165, 1.54) is 32.1 Å². The van der Waals surface area contributed by atoms with Gasteiger partial charge in [0.25, 0.3) is 0 Å². The highest BCUT2D eigenvalue weighted by Gasteiger charge is 2.37. The largest absolute Gasteiger partial charge is 0.355 e. The van der Waals surface area contributed by atoms with E-state index in [4.69, 9.17) is 0 Å². The van der Waals surface area contributed by atoms with Crippen molar-refractivity contribution in [3.8, 4) is 0 Å². The molecule has 0 aromatic heterocycles. The van der Waals surface area contributed by atoms with Gasteiger partial charge in [0, 0.05) is 6.54 Å². The summed E-state index contributed by atoms with van der Waals surface area (Å²) in [5.74, 6) is 1.61. The number of nitrogens with one attached hydrogen (secondary N) is 2. The van der Waals surface area contributed by atoms with Crippen molar-refractivity contribution in [3.05, 3.63) is 0 Å². The number of likely N-dealkylation sites (N-methyl/N-ethyl adjacent to an activating group) is 1. The smallest absolute Gasteiger partial charge is 0.237 e. The minimum absolute atomic E-state index is 0.0870. The Kier molecular flexibility index (Phi) is 3.62. The molecule has 1 saturated carbocycles. The number of fused-ring (bicyclic) bond motifs is 1. The second kappa shape index (κ2) is 4.97. The Morgan fingerprint density at radius 2 is 2.13 bits per heavy atom. The Hall–Kier alpha value is -0.570. The van der Waals surface area contributed by atoms with Crippen LogP contribution in [-0.2, 0) is 4.79 Å². The summed E-state index contributed by atoms with van der Waals surface area (Å²) >= 11 is 0. The zero-order chi connectivity index (χ0) is 10.7. The van der Waals surface area contributed by atoms with Gasteiger partial charge < -0.3 is 10.6 Å². The third-order valence-electron chi connectivity index (χ3n) is 3.91. The third kappa shape index (κ3) is 2.33. The van der Waals surface area contributed by atoms with Gasteiger partial charge in [-0.2, -0.15) is 0 Å². The first-order valence-electron chi connectivity index (χ1n) is 6.34. The molecule has 1 amide bonds. The number of hydrogen-bond acceptors (Lipinski definition) is 2. The first kappa shape index (κ1) is 10.9. The van der Waals surface area contributed by atoms with Crippen LogP contribution in [0.4, 0.5) is 0 Å². The Labute approximate surface area is 92.0 Å². The molecule has 0 bridgehead atoms. The van der Waals surface area contributed by atoms with Gasteiger partial charge in [0.05, 0.1) is 6.04 Å². The highest BCUT2D eigenvalue weighted by atomic mass is 16.2. The lowest BCUT2D eigenvalue weighted by molar-refractivity contribution is -0.126. The summed E-state index contributed by atoms with van der Waals surface area (Å²) in [5, 5.41) is 6.34. The number of amides is 1. The van der Waals surface area contributed by atoms with E-state index >= 15 is 0 Å². The zero-order valence-corrected chi connectivity index (χ0v) is 9.59. The van der Waals surface area contributed by atoms with Crippen molar-refractivity contribution in [3.63, 3.8) is 0 Å². The normalized spacial score (nSPS) is 35.7. The fourth-order valence-corrected chi connectivity index (χ4v) is 3.18. The van der Waals surface area contributed by atoms with E-state index < -0.39 is 0 Å². The van der Waals surface area contributed by atoms with Crippen molar-refractivity contribution in [1.29, 1.82) is 0 Å². The van der Waals surface area contributed by atoms with E-state index in [0.29, 0.717) is 5.92 Å². The van der Waals surface area contributed by atoms with E-state index in [1.54, 1.807) is 0 Å². The van der Waals surface area contributed by atoms with Gasteiger partial charge in [-0.3, -0.25) is 4.79 Å². The first-order valence-corrected chi connectivity index (χ1v) is 6.34. The molecule has 1 heterocycles. The Morgan fingerprint density at radius 3 is 2.93 bits per heavy atom. The van der Waals surface area contributed by atoms with Gasteiger partial charge in [-0.25, -0.2) is 0 Å². The van der Waals surface area contributed by atoms with Crippen LogP contribution in [0.2, 0.25) is 0 Å². The molecule has 86 valence electrons. The van der Waals surface area contributed by atoms with Gasteiger partial charge in [-0.1, -0.05) is 19.3 Å². The Balaban J connectivity index is 2.00. The number of hydrogen-bond donors (Lipinski definition) is 2. The van der Waals surface area contributed by atoms with Crippen LogP contribution in [0.25, 0.3) is 0 Å². The van der Waals surface area contributed by atoms with Crippen LogP contribution in [0.1, 0.15) is 39.0 Å². The summed E-state index contributed by atoms with van der Waals surface area (Å²) < 4.78 is 0. The van der Waals surface area contributed by atoms with E-state index in [1.807, 2.05) is 6.92 Å². The van der Waals surface area contributed by atoms with Crippen molar-refractivity contribution in [2.24, 2.45) is 11.8 Å². The van der Waals surface area contributed by atoms with E-state index in [9.17, 15) is 4.79 Å². The molecule has 0 aromatic rings. The van der Waals surface area contributed by atoms with Crippen molar-refractivity contribution >= 4 is 5.91 Å². The molecular formula is C12H22N2O. The van der Waals surface area contributed by atoms with Crippen LogP contribution in [0, 0.1) is 11.8 Å². The number of piperidine rings is 1. The van der Waals surface area contributed by atoms with Crippen LogP contribution in [0.5, 0.6) is 0 Å². The third-order valence-corrected chi connectivity index (χ3v) is 3.91. The SMILES string of the molecule is CCNC(=O)C1NCCC2CCCCC21. The van der Waals surface area contributed by atoms with Crippen molar-refractivity contribution < 1.29 is 4.79 Å². The molecule has 15 heavy (non-hydrogen) atoms. The van der Waals surface area contributed by atoms with E-state index in [-0.39, 0.29) is 11.9 Å². The van der Waals surface area contributed by atoms with Gasteiger partial charge >= 0.3 is 0 Å². The van der Waals surface area contributed by atoms with Gasteiger partial charge in [-0.15, -0.1) is 0 Å². The number of rotatable bonds is 2. The fraction of sp³-hybridized carbons (Fsp3) is 0.917. The summed E-state index contributed by atoms with van der Waals surface area (Å²) in [6, 6.07) is 0.0870. The maximum absolute atomic E-state index is 11.9. The van der Waals surface area contributed by atoms with Gasteiger partial charge in [0.15, 0.2) is 0 Å². The quantitative estimate of drug-likeness (QED) is 0.721. The fourth-order valence-electron chi connectivity index (χ4n) is 3.18. The molecule has 3 heteroatoms. The molecule has 2 aliphatic rings. The maximum Gasteiger partial charge on any atom is 0.237 e. The van der Waals surface area contributed by atoms with Crippen LogP contribution < -0.4 is 10.6 Å². The molecule has 1 saturated heterocycles. The average molecular weight is 210 g/mol. The predicted molar refractivity (Wildman–Crippen MR) is 60.5 cm³/mol.